The van der Waals surface area contributed by atoms with Crippen LogP contribution < -0.4 is 15.8 Å². The number of nitro groups is 1. The highest BCUT2D eigenvalue weighted by molar-refractivity contribution is 5.70. The number of hydrogen-bond acceptors (Lipinski definition) is 7. The summed E-state index contributed by atoms with van der Waals surface area (Å²) in [5.74, 6) is 0.395. The predicted molar refractivity (Wildman–Crippen MR) is 118 cm³/mol. The highest BCUT2D eigenvalue weighted by atomic mass is 16.6. The molecule has 8 nitrogen and oxygen atoms in total. The van der Waals surface area contributed by atoms with Gasteiger partial charge in [-0.2, -0.15) is 0 Å². The molecule has 0 saturated heterocycles. The van der Waals surface area contributed by atoms with E-state index in [2.05, 4.69) is 20.8 Å². The van der Waals surface area contributed by atoms with Crippen LogP contribution in [-0.4, -0.2) is 20.4 Å². The number of nitrogens with zero attached hydrogens (tertiary/aromatic N) is 4. The molecule has 0 aliphatic rings. The van der Waals surface area contributed by atoms with Gasteiger partial charge < -0.3 is 4.90 Å². The van der Waals surface area contributed by atoms with Gasteiger partial charge in [0.2, 0.25) is 11.6 Å². The van der Waals surface area contributed by atoms with E-state index in [0.29, 0.717) is 13.1 Å². The van der Waals surface area contributed by atoms with Crippen LogP contribution in [0.2, 0.25) is 0 Å². The van der Waals surface area contributed by atoms with Crippen molar-refractivity contribution in [2.24, 2.45) is 0 Å². The van der Waals surface area contributed by atoms with Crippen molar-refractivity contribution >= 4 is 17.3 Å². The zero-order chi connectivity index (χ0) is 21.6. The summed E-state index contributed by atoms with van der Waals surface area (Å²) in [5, 5.41) is 12.0. The van der Waals surface area contributed by atoms with Gasteiger partial charge in [0.25, 0.3) is 0 Å². The predicted octanol–water partition coefficient (Wildman–Crippen LogP) is 4.31. The smallest absolute Gasteiger partial charge is 0.342 e. The quantitative estimate of drug-likeness (QED) is 0.425. The first-order valence-electron chi connectivity index (χ1n) is 9.69. The van der Waals surface area contributed by atoms with Gasteiger partial charge in [0.1, 0.15) is 6.33 Å². The summed E-state index contributed by atoms with van der Waals surface area (Å²) in [7, 11) is 0. The second kappa shape index (κ2) is 9.32. The first-order valence-corrected chi connectivity index (χ1v) is 9.69. The maximum atomic E-state index is 12.0. The second-order valence-corrected chi connectivity index (χ2v) is 7.98. The van der Waals surface area contributed by atoms with Gasteiger partial charge in [-0.1, -0.05) is 60.7 Å². The van der Waals surface area contributed by atoms with Crippen molar-refractivity contribution in [1.82, 2.24) is 15.4 Å². The summed E-state index contributed by atoms with van der Waals surface area (Å²) >= 11 is 0. The van der Waals surface area contributed by atoms with Gasteiger partial charge in [-0.25, -0.2) is 15.4 Å². The molecule has 1 heterocycles. The molecule has 3 aromatic rings. The molecule has 0 atom stereocenters. The molecule has 156 valence electrons. The highest BCUT2D eigenvalue weighted by Crippen LogP contribution is 2.33. The van der Waals surface area contributed by atoms with Crippen molar-refractivity contribution in [3.63, 3.8) is 0 Å². The zero-order valence-corrected chi connectivity index (χ0v) is 17.4. The van der Waals surface area contributed by atoms with Crippen LogP contribution >= 0.6 is 0 Å². The fraction of sp³-hybridized carbons (Fsp3) is 0.273. The average Bonchev–Trinajstić information content (AvgIpc) is 2.72. The van der Waals surface area contributed by atoms with E-state index in [-0.39, 0.29) is 22.9 Å². The molecule has 0 saturated carbocycles. The zero-order valence-electron chi connectivity index (χ0n) is 17.4. The van der Waals surface area contributed by atoms with Crippen molar-refractivity contribution in [2.75, 3.05) is 10.3 Å². The molecule has 8 heteroatoms. The third-order valence-electron chi connectivity index (χ3n) is 4.27. The van der Waals surface area contributed by atoms with Crippen LogP contribution in [0.5, 0.6) is 0 Å². The summed E-state index contributed by atoms with van der Waals surface area (Å²) in [6, 6.07) is 19.6. The Hall–Kier alpha value is -3.52. The summed E-state index contributed by atoms with van der Waals surface area (Å²) in [6.45, 7) is 6.79. The van der Waals surface area contributed by atoms with Gasteiger partial charge in [0.15, 0.2) is 0 Å². The Morgan fingerprint density at radius 1 is 0.933 bits per heavy atom. The second-order valence-electron chi connectivity index (χ2n) is 7.98. The van der Waals surface area contributed by atoms with E-state index in [1.54, 1.807) is 0 Å². The number of nitrogens with one attached hydrogen (secondary N) is 2. The molecular formula is C22H26N6O2. The molecule has 0 fully saturated rings. The molecular weight excluding hydrogens is 380 g/mol. The van der Waals surface area contributed by atoms with Crippen molar-refractivity contribution in [3.8, 4) is 0 Å². The van der Waals surface area contributed by atoms with Crippen molar-refractivity contribution < 1.29 is 4.92 Å². The standard InChI is InChI=1S/C22H26N6O2/c1-22(2,3)26-25-20-19(28(29)30)21(24-16-23-20)27(14-17-10-6-4-7-11-17)15-18-12-8-5-9-13-18/h4-13,16,26H,14-15H2,1-3H3,(H,23,24,25). The largest absolute Gasteiger partial charge is 0.354 e. The van der Waals surface area contributed by atoms with Crippen LogP contribution in [0.1, 0.15) is 31.9 Å². The minimum Gasteiger partial charge on any atom is -0.342 e. The van der Waals surface area contributed by atoms with Crippen LogP contribution in [0, 0.1) is 10.1 Å². The van der Waals surface area contributed by atoms with Crippen LogP contribution in [0.4, 0.5) is 17.3 Å². The third kappa shape index (κ3) is 5.74. The van der Waals surface area contributed by atoms with Gasteiger partial charge in [0, 0.05) is 18.6 Å². The average molecular weight is 406 g/mol. The first kappa shape index (κ1) is 21.2. The lowest BCUT2D eigenvalue weighted by molar-refractivity contribution is -0.383. The van der Waals surface area contributed by atoms with Crippen LogP contribution in [0.25, 0.3) is 0 Å². The van der Waals surface area contributed by atoms with Gasteiger partial charge >= 0.3 is 5.69 Å². The van der Waals surface area contributed by atoms with Crippen LogP contribution in [0.15, 0.2) is 67.0 Å². The SMILES string of the molecule is CC(C)(C)NNc1ncnc(N(Cc2ccccc2)Cc2ccccc2)c1[N+](=O)[O-]. The molecule has 0 aliphatic heterocycles. The molecule has 0 aliphatic carbocycles. The summed E-state index contributed by atoms with van der Waals surface area (Å²) in [4.78, 5) is 21.9. The summed E-state index contributed by atoms with van der Waals surface area (Å²) in [5.41, 5.74) is 7.52. The van der Waals surface area contributed by atoms with Gasteiger partial charge in [-0.3, -0.25) is 15.5 Å². The van der Waals surface area contributed by atoms with E-state index < -0.39 is 4.92 Å². The normalized spacial score (nSPS) is 11.2. The maximum absolute atomic E-state index is 12.0. The summed E-state index contributed by atoms with van der Waals surface area (Å²) in [6.07, 6.45) is 1.35. The number of hydrazine groups is 1. The molecule has 2 aromatic carbocycles. The van der Waals surface area contributed by atoms with Gasteiger partial charge in [-0.05, 0) is 31.9 Å². The number of benzene rings is 2. The maximum Gasteiger partial charge on any atom is 0.354 e. The number of aromatic nitrogens is 2. The molecule has 3 rings (SSSR count). The molecule has 2 N–H and O–H groups in total. The Morgan fingerprint density at radius 2 is 1.47 bits per heavy atom. The Labute approximate surface area is 176 Å². The summed E-state index contributed by atoms with van der Waals surface area (Å²) < 4.78 is 0. The van der Waals surface area contributed by atoms with Crippen LogP contribution in [-0.2, 0) is 13.1 Å². The minimum absolute atomic E-state index is 0.131. The van der Waals surface area contributed by atoms with Crippen LogP contribution in [0.3, 0.4) is 0 Å². The van der Waals surface area contributed by atoms with Crippen molar-refractivity contribution in [1.29, 1.82) is 0 Å². The topological polar surface area (TPSA) is 96.2 Å². The Kier molecular flexibility index (Phi) is 6.58. The molecule has 0 amide bonds. The number of rotatable bonds is 8. The minimum atomic E-state index is -0.439. The van der Waals surface area contributed by atoms with E-state index in [9.17, 15) is 10.1 Å². The first-order chi connectivity index (χ1) is 14.3. The lowest BCUT2D eigenvalue weighted by Gasteiger charge is -2.25. The van der Waals surface area contributed by atoms with E-state index in [1.165, 1.54) is 6.33 Å². The monoisotopic (exact) mass is 406 g/mol. The fourth-order valence-corrected chi connectivity index (χ4v) is 2.92. The van der Waals surface area contributed by atoms with E-state index >= 15 is 0 Å². The molecule has 0 radical (unpaired) electrons. The lowest BCUT2D eigenvalue weighted by Crippen LogP contribution is -2.40. The Bertz CT molecular complexity index is 932. The lowest BCUT2D eigenvalue weighted by atomic mass is 10.1. The van der Waals surface area contributed by atoms with Crippen molar-refractivity contribution in [2.45, 2.75) is 39.4 Å². The molecule has 0 spiro atoms. The Morgan fingerprint density at radius 3 is 1.93 bits per heavy atom. The fourth-order valence-electron chi connectivity index (χ4n) is 2.92. The third-order valence-corrected chi connectivity index (χ3v) is 4.27. The Balaban J connectivity index is 2.01. The van der Waals surface area contributed by atoms with E-state index in [1.807, 2.05) is 86.3 Å². The highest BCUT2D eigenvalue weighted by Gasteiger charge is 2.28. The van der Waals surface area contributed by atoms with Gasteiger partial charge in [0.05, 0.1) is 4.92 Å². The van der Waals surface area contributed by atoms with E-state index in [4.69, 9.17) is 0 Å². The number of anilines is 2. The molecule has 0 bridgehead atoms. The van der Waals surface area contributed by atoms with Crippen molar-refractivity contribution in [3.05, 3.63) is 88.2 Å². The van der Waals surface area contributed by atoms with Gasteiger partial charge in [-0.15, -0.1) is 0 Å². The molecule has 0 unspecified atom stereocenters. The van der Waals surface area contributed by atoms with E-state index in [0.717, 1.165) is 11.1 Å². The molecule has 30 heavy (non-hydrogen) atoms. The molecule has 1 aromatic heterocycles. The number of hydrogen-bond donors (Lipinski definition) is 2.